The molecule has 1 atom stereocenters. The fraction of sp³-hybridized carbons (Fsp3) is 0.700. The highest BCUT2D eigenvalue weighted by atomic mass is 32.2. The molecule has 0 radical (unpaired) electrons. The first-order valence-electron chi connectivity index (χ1n) is 5.00. The number of aryl methyl sites for hydroxylation is 1. The van der Waals surface area contributed by atoms with Crippen LogP contribution in [0.5, 0.6) is 0 Å². The monoisotopic (exact) mass is 213 g/mol. The standard InChI is InChI=1S/C10H19N3S/c1-4-10(11-2)9-7-12-13(8-9)5-6-14-3/h7-8,10-11H,4-6H2,1-3H3. The van der Waals surface area contributed by atoms with Crippen LogP contribution in [0.1, 0.15) is 24.9 Å². The van der Waals surface area contributed by atoms with E-state index in [9.17, 15) is 0 Å². The molecular weight excluding hydrogens is 194 g/mol. The summed E-state index contributed by atoms with van der Waals surface area (Å²) in [6.45, 7) is 3.18. The Bertz CT molecular complexity index is 256. The molecule has 0 amide bonds. The molecule has 1 aromatic rings. The summed E-state index contributed by atoms with van der Waals surface area (Å²) in [6, 6.07) is 0.443. The van der Waals surface area contributed by atoms with Crippen LogP contribution in [-0.4, -0.2) is 28.8 Å². The summed E-state index contributed by atoms with van der Waals surface area (Å²) in [5, 5.41) is 7.61. The molecule has 0 aliphatic rings. The molecular formula is C10H19N3S. The Labute approximate surface area is 90.3 Å². The molecule has 0 bridgehead atoms. The van der Waals surface area contributed by atoms with Gasteiger partial charge in [-0.2, -0.15) is 16.9 Å². The Morgan fingerprint density at radius 1 is 1.64 bits per heavy atom. The summed E-state index contributed by atoms with van der Waals surface area (Å²) in [7, 11) is 1.99. The molecule has 1 N–H and O–H groups in total. The number of rotatable bonds is 6. The van der Waals surface area contributed by atoms with E-state index in [1.807, 2.05) is 29.7 Å². The Hall–Kier alpha value is -0.480. The summed E-state index contributed by atoms with van der Waals surface area (Å²) in [4.78, 5) is 0. The Morgan fingerprint density at radius 3 is 3.00 bits per heavy atom. The molecule has 0 aromatic carbocycles. The topological polar surface area (TPSA) is 29.9 Å². The second-order valence-corrected chi connectivity index (χ2v) is 4.26. The highest BCUT2D eigenvalue weighted by molar-refractivity contribution is 7.98. The van der Waals surface area contributed by atoms with E-state index in [1.165, 1.54) is 5.56 Å². The minimum Gasteiger partial charge on any atom is -0.313 e. The van der Waals surface area contributed by atoms with Gasteiger partial charge in [-0.3, -0.25) is 4.68 Å². The molecule has 0 saturated heterocycles. The fourth-order valence-electron chi connectivity index (χ4n) is 1.47. The first-order chi connectivity index (χ1) is 6.81. The van der Waals surface area contributed by atoms with E-state index in [0.29, 0.717) is 6.04 Å². The van der Waals surface area contributed by atoms with Crippen molar-refractivity contribution in [3.63, 3.8) is 0 Å². The SMILES string of the molecule is CCC(NC)c1cnn(CCSC)c1. The van der Waals surface area contributed by atoms with Gasteiger partial charge in [0.1, 0.15) is 0 Å². The first kappa shape index (κ1) is 11.6. The van der Waals surface area contributed by atoms with Crippen molar-refractivity contribution in [3.8, 4) is 0 Å². The third kappa shape index (κ3) is 3.03. The highest BCUT2D eigenvalue weighted by Crippen LogP contribution is 2.14. The van der Waals surface area contributed by atoms with Crippen LogP contribution >= 0.6 is 11.8 Å². The fourth-order valence-corrected chi connectivity index (χ4v) is 1.84. The van der Waals surface area contributed by atoms with Gasteiger partial charge in [-0.25, -0.2) is 0 Å². The maximum atomic E-state index is 4.33. The number of hydrogen-bond acceptors (Lipinski definition) is 3. The quantitative estimate of drug-likeness (QED) is 0.783. The zero-order chi connectivity index (χ0) is 10.4. The van der Waals surface area contributed by atoms with Gasteiger partial charge in [0, 0.05) is 30.1 Å². The van der Waals surface area contributed by atoms with Gasteiger partial charge in [0.05, 0.1) is 6.20 Å². The van der Waals surface area contributed by atoms with E-state index in [1.54, 1.807) is 0 Å². The number of hydrogen-bond donors (Lipinski definition) is 1. The minimum absolute atomic E-state index is 0.443. The predicted octanol–water partition coefficient (Wildman–Crippen LogP) is 1.92. The number of thioether (sulfide) groups is 1. The molecule has 0 saturated carbocycles. The van der Waals surface area contributed by atoms with E-state index >= 15 is 0 Å². The van der Waals surface area contributed by atoms with E-state index < -0.39 is 0 Å². The number of nitrogens with zero attached hydrogens (tertiary/aromatic N) is 2. The molecule has 1 unspecified atom stereocenters. The lowest BCUT2D eigenvalue weighted by molar-refractivity contribution is 0.575. The lowest BCUT2D eigenvalue weighted by Gasteiger charge is -2.10. The van der Waals surface area contributed by atoms with E-state index in [2.05, 4.69) is 29.8 Å². The molecule has 0 spiro atoms. The van der Waals surface area contributed by atoms with Gasteiger partial charge in [0.25, 0.3) is 0 Å². The molecule has 80 valence electrons. The van der Waals surface area contributed by atoms with Crippen LogP contribution in [0, 0.1) is 0 Å². The Morgan fingerprint density at radius 2 is 2.43 bits per heavy atom. The van der Waals surface area contributed by atoms with Crippen LogP contribution in [0.4, 0.5) is 0 Å². The average Bonchev–Trinajstić information content (AvgIpc) is 2.65. The lowest BCUT2D eigenvalue weighted by Crippen LogP contribution is -2.14. The van der Waals surface area contributed by atoms with Crippen LogP contribution < -0.4 is 5.32 Å². The molecule has 14 heavy (non-hydrogen) atoms. The highest BCUT2D eigenvalue weighted by Gasteiger charge is 2.08. The van der Waals surface area contributed by atoms with Crippen molar-refractivity contribution in [2.75, 3.05) is 19.1 Å². The van der Waals surface area contributed by atoms with Crippen LogP contribution in [-0.2, 0) is 6.54 Å². The zero-order valence-corrected chi connectivity index (χ0v) is 9.97. The van der Waals surface area contributed by atoms with Gasteiger partial charge in [-0.1, -0.05) is 6.92 Å². The van der Waals surface area contributed by atoms with Crippen LogP contribution in [0.2, 0.25) is 0 Å². The summed E-state index contributed by atoms with van der Waals surface area (Å²) in [5.41, 5.74) is 1.29. The Kier molecular flexibility index (Phi) is 5.04. The van der Waals surface area contributed by atoms with Gasteiger partial charge >= 0.3 is 0 Å². The van der Waals surface area contributed by atoms with E-state index in [-0.39, 0.29) is 0 Å². The summed E-state index contributed by atoms with van der Waals surface area (Å²) >= 11 is 1.85. The summed E-state index contributed by atoms with van der Waals surface area (Å²) in [5.74, 6) is 1.12. The molecule has 1 aromatic heterocycles. The molecule has 4 heteroatoms. The normalized spacial score (nSPS) is 13.1. The van der Waals surface area contributed by atoms with E-state index in [4.69, 9.17) is 0 Å². The van der Waals surface area contributed by atoms with Gasteiger partial charge in [0.15, 0.2) is 0 Å². The van der Waals surface area contributed by atoms with Crippen LogP contribution in [0.15, 0.2) is 12.4 Å². The largest absolute Gasteiger partial charge is 0.313 e. The van der Waals surface area contributed by atoms with Gasteiger partial charge in [0.2, 0.25) is 0 Å². The molecule has 0 aliphatic heterocycles. The average molecular weight is 213 g/mol. The third-order valence-electron chi connectivity index (χ3n) is 2.34. The van der Waals surface area contributed by atoms with Gasteiger partial charge in [-0.15, -0.1) is 0 Å². The van der Waals surface area contributed by atoms with Crippen molar-refractivity contribution in [2.24, 2.45) is 0 Å². The van der Waals surface area contributed by atoms with Crippen molar-refractivity contribution in [2.45, 2.75) is 25.9 Å². The minimum atomic E-state index is 0.443. The smallest absolute Gasteiger partial charge is 0.0537 e. The summed E-state index contributed by atoms with van der Waals surface area (Å²) < 4.78 is 2.02. The van der Waals surface area contributed by atoms with Gasteiger partial charge < -0.3 is 5.32 Å². The van der Waals surface area contributed by atoms with Crippen LogP contribution in [0.3, 0.4) is 0 Å². The first-order valence-corrected chi connectivity index (χ1v) is 6.39. The second kappa shape index (κ2) is 6.09. The molecule has 3 nitrogen and oxygen atoms in total. The molecule has 1 rings (SSSR count). The molecule has 0 aliphatic carbocycles. The van der Waals surface area contributed by atoms with Crippen molar-refractivity contribution in [1.29, 1.82) is 0 Å². The number of nitrogens with one attached hydrogen (secondary N) is 1. The maximum Gasteiger partial charge on any atom is 0.0537 e. The van der Waals surface area contributed by atoms with Crippen molar-refractivity contribution < 1.29 is 0 Å². The predicted molar refractivity (Wildman–Crippen MR) is 62.7 cm³/mol. The third-order valence-corrected chi connectivity index (χ3v) is 2.93. The molecule has 1 heterocycles. The zero-order valence-electron chi connectivity index (χ0n) is 9.16. The van der Waals surface area contributed by atoms with E-state index in [0.717, 1.165) is 18.7 Å². The van der Waals surface area contributed by atoms with Crippen molar-refractivity contribution in [1.82, 2.24) is 15.1 Å². The van der Waals surface area contributed by atoms with Crippen molar-refractivity contribution in [3.05, 3.63) is 18.0 Å². The summed E-state index contributed by atoms with van der Waals surface area (Å²) in [6.07, 6.45) is 7.32. The lowest BCUT2D eigenvalue weighted by atomic mass is 10.1. The van der Waals surface area contributed by atoms with Crippen LogP contribution in [0.25, 0.3) is 0 Å². The Balaban J connectivity index is 2.57. The van der Waals surface area contributed by atoms with Crippen molar-refractivity contribution >= 4 is 11.8 Å². The molecule has 0 fully saturated rings. The number of aromatic nitrogens is 2. The maximum absolute atomic E-state index is 4.33. The van der Waals surface area contributed by atoms with Gasteiger partial charge in [-0.05, 0) is 19.7 Å². The second-order valence-electron chi connectivity index (χ2n) is 3.28.